The quantitative estimate of drug-likeness (QED) is 0.863. The molecule has 0 radical (unpaired) electrons. The molecule has 1 aromatic heterocycles. The Morgan fingerprint density at radius 3 is 2.65 bits per heavy atom. The molecule has 1 unspecified atom stereocenters. The van der Waals surface area contributed by atoms with Crippen molar-refractivity contribution in [3.63, 3.8) is 0 Å². The molecule has 0 saturated carbocycles. The van der Waals surface area contributed by atoms with Gasteiger partial charge in [0.25, 0.3) is 0 Å². The Hall–Kier alpha value is -1.54. The van der Waals surface area contributed by atoms with E-state index in [0.717, 1.165) is 12.3 Å². The molecule has 0 saturated heterocycles. The summed E-state index contributed by atoms with van der Waals surface area (Å²) < 4.78 is 5.30. The van der Waals surface area contributed by atoms with Gasteiger partial charge in [0.05, 0.1) is 12.8 Å². The highest BCUT2D eigenvalue weighted by molar-refractivity contribution is 5.31. The van der Waals surface area contributed by atoms with E-state index >= 15 is 0 Å². The van der Waals surface area contributed by atoms with Crippen molar-refractivity contribution < 1.29 is 4.42 Å². The summed E-state index contributed by atoms with van der Waals surface area (Å²) in [5.41, 5.74) is 4.00. The van der Waals surface area contributed by atoms with Gasteiger partial charge in [-0.15, -0.1) is 0 Å². The van der Waals surface area contributed by atoms with Crippen LogP contribution < -0.4 is 5.32 Å². The van der Waals surface area contributed by atoms with Crippen LogP contribution in [0.1, 0.15) is 35.4 Å². The third-order valence-corrected chi connectivity index (χ3v) is 3.19. The summed E-state index contributed by atoms with van der Waals surface area (Å²) in [5.74, 6) is 0.973. The molecule has 2 heteroatoms. The summed E-state index contributed by atoms with van der Waals surface area (Å²) in [7, 11) is 0. The van der Waals surface area contributed by atoms with Gasteiger partial charge in [-0.2, -0.15) is 0 Å². The molecule has 2 nitrogen and oxygen atoms in total. The fourth-order valence-corrected chi connectivity index (χ4v) is 1.82. The maximum absolute atomic E-state index is 5.30. The van der Waals surface area contributed by atoms with Crippen LogP contribution in [0, 0.1) is 13.8 Å². The standard InChI is InChI=1S/C15H19NO/c1-11-6-7-14(9-12(11)2)13(3)16-10-15-5-4-8-17-15/h4-9,13,16H,10H2,1-3H3. The van der Waals surface area contributed by atoms with E-state index in [-0.39, 0.29) is 0 Å². The maximum atomic E-state index is 5.30. The lowest BCUT2D eigenvalue weighted by molar-refractivity contribution is 0.460. The normalized spacial score (nSPS) is 12.6. The summed E-state index contributed by atoms with van der Waals surface area (Å²) >= 11 is 0. The molecule has 1 heterocycles. The van der Waals surface area contributed by atoms with Crippen LogP contribution in [0.3, 0.4) is 0 Å². The molecule has 0 aliphatic carbocycles. The van der Waals surface area contributed by atoms with Crippen molar-refractivity contribution in [2.24, 2.45) is 0 Å². The molecule has 17 heavy (non-hydrogen) atoms. The van der Waals surface area contributed by atoms with Gasteiger partial charge >= 0.3 is 0 Å². The van der Waals surface area contributed by atoms with E-state index in [2.05, 4.69) is 44.3 Å². The van der Waals surface area contributed by atoms with E-state index in [1.807, 2.05) is 12.1 Å². The zero-order valence-electron chi connectivity index (χ0n) is 10.7. The zero-order valence-corrected chi connectivity index (χ0v) is 10.7. The molecule has 0 amide bonds. The molecule has 90 valence electrons. The van der Waals surface area contributed by atoms with Gasteiger partial charge in [0.1, 0.15) is 5.76 Å². The van der Waals surface area contributed by atoms with Crippen LogP contribution in [0.5, 0.6) is 0 Å². The minimum Gasteiger partial charge on any atom is -0.468 e. The molecule has 0 aliphatic rings. The van der Waals surface area contributed by atoms with Crippen LogP contribution in [0.15, 0.2) is 41.0 Å². The predicted octanol–water partition coefficient (Wildman–Crippen LogP) is 3.75. The lowest BCUT2D eigenvalue weighted by atomic mass is 10.0. The number of aryl methyl sites for hydroxylation is 2. The van der Waals surface area contributed by atoms with Crippen LogP contribution in [0.25, 0.3) is 0 Å². The number of hydrogen-bond donors (Lipinski definition) is 1. The molecule has 1 N–H and O–H groups in total. The molecule has 2 aromatic rings. The van der Waals surface area contributed by atoms with Crippen LogP contribution in [-0.4, -0.2) is 0 Å². The zero-order chi connectivity index (χ0) is 12.3. The number of furan rings is 1. The monoisotopic (exact) mass is 229 g/mol. The highest BCUT2D eigenvalue weighted by atomic mass is 16.3. The van der Waals surface area contributed by atoms with E-state index in [0.29, 0.717) is 6.04 Å². The van der Waals surface area contributed by atoms with Gasteiger partial charge in [0.2, 0.25) is 0 Å². The molecule has 0 spiro atoms. The molecule has 1 atom stereocenters. The number of rotatable bonds is 4. The van der Waals surface area contributed by atoms with Crippen molar-refractivity contribution >= 4 is 0 Å². The first-order valence-corrected chi connectivity index (χ1v) is 6.00. The molecule has 0 bridgehead atoms. The van der Waals surface area contributed by atoms with Crippen LogP contribution >= 0.6 is 0 Å². The third kappa shape index (κ3) is 2.98. The molecule has 1 aromatic carbocycles. The summed E-state index contributed by atoms with van der Waals surface area (Å²) in [4.78, 5) is 0. The van der Waals surface area contributed by atoms with Gasteiger partial charge in [-0.1, -0.05) is 18.2 Å². The first-order chi connectivity index (χ1) is 8.16. The summed E-state index contributed by atoms with van der Waals surface area (Å²) in [6, 6.07) is 10.8. The Kier molecular flexibility index (Phi) is 3.64. The Morgan fingerprint density at radius 2 is 2.00 bits per heavy atom. The second kappa shape index (κ2) is 5.19. The lowest BCUT2D eigenvalue weighted by Crippen LogP contribution is -2.17. The van der Waals surface area contributed by atoms with Gasteiger partial charge in [0, 0.05) is 6.04 Å². The van der Waals surface area contributed by atoms with E-state index in [9.17, 15) is 0 Å². The molecular formula is C15H19NO. The number of hydrogen-bond acceptors (Lipinski definition) is 2. The average Bonchev–Trinajstić information content (AvgIpc) is 2.82. The van der Waals surface area contributed by atoms with Crippen LogP contribution in [0.2, 0.25) is 0 Å². The van der Waals surface area contributed by atoms with Crippen molar-refractivity contribution in [2.75, 3.05) is 0 Å². The highest BCUT2D eigenvalue weighted by Crippen LogP contribution is 2.17. The van der Waals surface area contributed by atoms with E-state index in [4.69, 9.17) is 4.42 Å². The lowest BCUT2D eigenvalue weighted by Gasteiger charge is -2.14. The van der Waals surface area contributed by atoms with Crippen molar-refractivity contribution in [1.82, 2.24) is 5.32 Å². The topological polar surface area (TPSA) is 25.2 Å². The largest absolute Gasteiger partial charge is 0.468 e. The number of nitrogens with one attached hydrogen (secondary N) is 1. The van der Waals surface area contributed by atoms with Gasteiger partial charge < -0.3 is 9.73 Å². The first kappa shape index (κ1) is 11.9. The van der Waals surface area contributed by atoms with E-state index in [1.165, 1.54) is 16.7 Å². The Bertz CT molecular complexity index is 474. The smallest absolute Gasteiger partial charge is 0.117 e. The van der Waals surface area contributed by atoms with Crippen molar-refractivity contribution in [3.05, 3.63) is 59.0 Å². The van der Waals surface area contributed by atoms with Crippen molar-refractivity contribution in [1.29, 1.82) is 0 Å². The van der Waals surface area contributed by atoms with E-state index in [1.54, 1.807) is 6.26 Å². The second-order valence-corrected chi connectivity index (χ2v) is 4.53. The van der Waals surface area contributed by atoms with E-state index < -0.39 is 0 Å². The Labute approximate surface area is 103 Å². The maximum Gasteiger partial charge on any atom is 0.117 e. The molecule has 0 aliphatic heterocycles. The van der Waals surface area contributed by atoms with Gasteiger partial charge in [-0.25, -0.2) is 0 Å². The number of benzene rings is 1. The minimum atomic E-state index is 0.333. The summed E-state index contributed by atoms with van der Waals surface area (Å²) in [6.45, 7) is 7.23. The molecule has 2 rings (SSSR count). The van der Waals surface area contributed by atoms with Crippen molar-refractivity contribution in [3.8, 4) is 0 Å². The summed E-state index contributed by atoms with van der Waals surface area (Å²) in [6.07, 6.45) is 1.71. The fourth-order valence-electron chi connectivity index (χ4n) is 1.82. The fraction of sp³-hybridized carbons (Fsp3) is 0.333. The molecular weight excluding hydrogens is 210 g/mol. The van der Waals surface area contributed by atoms with Gasteiger partial charge in [-0.05, 0) is 49.6 Å². The minimum absolute atomic E-state index is 0.333. The summed E-state index contributed by atoms with van der Waals surface area (Å²) in [5, 5.41) is 3.45. The Morgan fingerprint density at radius 1 is 1.18 bits per heavy atom. The van der Waals surface area contributed by atoms with Gasteiger partial charge in [0.15, 0.2) is 0 Å². The Balaban J connectivity index is 1.99. The predicted molar refractivity (Wildman–Crippen MR) is 69.9 cm³/mol. The molecule has 0 fully saturated rings. The first-order valence-electron chi connectivity index (χ1n) is 6.00. The third-order valence-electron chi connectivity index (χ3n) is 3.19. The SMILES string of the molecule is Cc1ccc(C(C)NCc2ccco2)cc1C. The average molecular weight is 229 g/mol. The van der Waals surface area contributed by atoms with Crippen LogP contribution in [0.4, 0.5) is 0 Å². The van der Waals surface area contributed by atoms with Gasteiger partial charge in [-0.3, -0.25) is 0 Å². The highest BCUT2D eigenvalue weighted by Gasteiger charge is 2.06. The van der Waals surface area contributed by atoms with Crippen LogP contribution in [-0.2, 0) is 6.54 Å². The second-order valence-electron chi connectivity index (χ2n) is 4.53. The van der Waals surface area contributed by atoms with Crippen molar-refractivity contribution in [2.45, 2.75) is 33.4 Å².